The van der Waals surface area contributed by atoms with Gasteiger partial charge in [0.15, 0.2) is 28.1 Å². The van der Waals surface area contributed by atoms with Gasteiger partial charge in [0.05, 0.1) is 24.9 Å². The zero-order valence-corrected chi connectivity index (χ0v) is 24.4. The lowest BCUT2D eigenvalue weighted by Crippen LogP contribution is -2.35. The van der Waals surface area contributed by atoms with Crippen molar-refractivity contribution in [2.24, 2.45) is 11.0 Å². The highest BCUT2D eigenvalue weighted by molar-refractivity contribution is 8.07. The van der Waals surface area contributed by atoms with Crippen molar-refractivity contribution in [3.63, 3.8) is 0 Å². The first-order chi connectivity index (χ1) is 19.7. The number of nitrogens with one attached hydrogen (secondary N) is 1. The van der Waals surface area contributed by atoms with E-state index in [0.29, 0.717) is 47.7 Å². The molecule has 220 valence electrons. The second-order valence-electron chi connectivity index (χ2n) is 10.6. The molecular formula is C29H36FN5O5S. The van der Waals surface area contributed by atoms with E-state index in [1.807, 2.05) is 0 Å². The number of nitrogens with zero attached hydrogens (tertiary/aromatic N) is 4. The molecule has 1 unspecified atom stereocenters. The molecule has 2 aliphatic rings. The molecule has 0 aliphatic carbocycles. The molecule has 1 N–H and O–H groups in total. The molecule has 12 heteroatoms. The van der Waals surface area contributed by atoms with Crippen LogP contribution in [-0.2, 0) is 10.0 Å². The van der Waals surface area contributed by atoms with Gasteiger partial charge in [-0.15, -0.1) is 0 Å². The van der Waals surface area contributed by atoms with Crippen molar-refractivity contribution in [1.29, 1.82) is 0 Å². The number of piperidine rings is 1. The van der Waals surface area contributed by atoms with Crippen molar-refractivity contribution in [1.82, 2.24) is 14.9 Å². The maximum Gasteiger partial charge on any atom is 0.277 e. The van der Waals surface area contributed by atoms with Crippen LogP contribution in [0.2, 0.25) is 0 Å². The van der Waals surface area contributed by atoms with Crippen LogP contribution in [0, 0.1) is 11.7 Å². The number of hydrazone groups is 1. The zero-order chi connectivity index (χ0) is 29.0. The van der Waals surface area contributed by atoms with E-state index in [0.717, 1.165) is 38.0 Å². The molecule has 0 radical (unpaired) electrons. The SMILES string of the molecule is COc1cc2c(Oc3ccc(NS(=O)(=O)C4=NN(C)CC4)cc3F)ccnc2cc1OCCCN1CCCC(C)C1. The lowest BCUT2D eigenvalue weighted by molar-refractivity contribution is 0.169. The van der Waals surface area contributed by atoms with Crippen LogP contribution in [0.5, 0.6) is 23.0 Å². The Kier molecular flexibility index (Phi) is 8.79. The van der Waals surface area contributed by atoms with Crippen LogP contribution in [0.4, 0.5) is 10.1 Å². The van der Waals surface area contributed by atoms with Crippen LogP contribution in [0.1, 0.15) is 32.6 Å². The second-order valence-corrected chi connectivity index (χ2v) is 12.2. The third-order valence-corrected chi connectivity index (χ3v) is 8.66. The molecule has 0 bridgehead atoms. The van der Waals surface area contributed by atoms with Crippen LogP contribution in [-0.4, -0.2) is 75.3 Å². The van der Waals surface area contributed by atoms with Gasteiger partial charge in [-0.1, -0.05) is 6.92 Å². The smallest absolute Gasteiger partial charge is 0.277 e. The van der Waals surface area contributed by atoms with Crippen LogP contribution in [0.25, 0.3) is 10.9 Å². The van der Waals surface area contributed by atoms with Crippen LogP contribution < -0.4 is 18.9 Å². The number of hydrogen-bond donors (Lipinski definition) is 1. The molecule has 5 rings (SSSR count). The van der Waals surface area contributed by atoms with Crippen molar-refractivity contribution in [3.05, 3.63) is 48.4 Å². The monoisotopic (exact) mass is 585 g/mol. The fourth-order valence-corrected chi connectivity index (χ4v) is 6.33. The highest BCUT2D eigenvalue weighted by Crippen LogP contribution is 2.38. The number of sulfonamides is 1. The fraction of sp³-hybridized carbons (Fsp3) is 0.448. The number of pyridine rings is 1. The summed E-state index contributed by atoms with van der Waals surface area (Å²) >= 11 is 0. The number of ether oxygens (including phenoxy) is 3. The minimum atomic E-state index is -3.88. The minimum Gasteiger partial charge on any atom is -0.493 e. The molecule has 10 nitrogen and oxygen atoms in total. The average molecular weight is 586 g/mol. The van der Waals surface area contributed by atoms with Crippen molar-refractivity contribution in [2.45, 2.75) is 32.6 Å². The summed E-state index contributed by atoms with van der Waals surface area (Å²) in [6, 6.07) is 9.08. The molecule has 1 saturated heterocycles. The highest BCUT2D eigenvalue weighted by atomic mass is 32.2. The summed E-state index contributed by atoms with van der Waals surface area (Å²) in [5.74, 6) is 1.42. The summed E-state index contributed by atoms with van der Waals surface area (Å²) in [5, 5.41) is 6.17. The van der Waals surface area contributed by atoms with Gasteiger partial charge in [-0.3, -0.25) is 14.7 Å². The Hall–Kier alpha value is -3.64. The summed E-state index contributed by atoms with van der Waals surface area (Å²) in [4.78, 5) is 6.93. The molecule has 0 amide bonds. The van der Waals surface area contributed by atoms with E-state index in [1.165, 1.54) is 25.0 Å². The molecule has 1 fully saturated rings. The third-order valence-electron chi connectivity index (χ3n) is 7.25. The van der Waals surface area contributed by atoms with E-state index >= 15 is 4.39 Å². The van der Waals surface area contributed by atoms with Gasteiger partial charge in [0, 0.05) is 56.8 Å². The first kappa shape index (κ1) is 28.9. The van der Waals surface area contributed by atoms with Gasteiger partial charge in [-0.25, -0.2) is 4.39 Å². The Morgan fingerprint density at radius 1 is 1.10 bits per heavy atom. The summed E-state index contributed by atoms with van der Waals surface area (Å²) in [7, 11) is -0.621. The average Bonchev–Trinajstić information content (AvgIpc) is 3.39. The Morgan fingerprint density at radius 2 is 1.95 bits per heavy atom. The largest absolute Gasteiger partial charge is 0.493 e. The number of rotatable bonds is 10. The molecule has 0 spiro atoms. The summed E-state index contributed by atoms with van der Waals surface area (Å²) in [6.45, 7) is 6.63. The molecule has 3 aromatic rings. The molecule has 0 saturated carbocycles. The minimum absolute atomic E-state index is 0.0120. The molecule has 41 heavy (non-hydrogen) atoms. The van der Waals surface area contributed by atoms with Crippen molar-refractivity contribution in [3.8, 4) is 23.0 Å². The summed E-state index contributed by atoms with van der Waals surface area (Å²) in [6.07, 6.45) is 5.32. The fourth-order valence-electron chi connectivity index (χ4n) is 5.17. The number of hydrogen-bond acceptors (Lipinski definition) is 9. The van der Waals surface area contributed by atoms with Crippen molar-refractivity contribution >= 4 is 31.7 Å². The number of benzene rings is 2. The van der Waals surface area contributed by atoms with Gasteiger partial charge in [0.25, 0.3) is 10.0 Å². The first-order valence-electron chi connectivity index (χ1n) is 13.8. The number of halogens is 1. The summed E-state index contributed by atoms with van der Waals surface area (Å²) in [5.41, 5.74) is 0.681. The van der Waals surface area contributed by atoms with Crippen molar-refractivity contribution in [2.75, 3.05) is 51.7 Å². The third kappa shape index (κ3) is 6.99. The van der Waals surface area contributed by atoms with E-state index in [9.17, 15) is 8.42 Å². The molecule has 3 heterocycles. The van der Waals surface area contributed by atoms with E-state index in [1.54, 1.807) is 43.6 Å². The Morgan fingerprint density at radius 3 is 2.68 bits per heavy atom. The van der Waals surface area contributed by atoms with E-state index in [2.05, 4.69) is 26.6 Å². The van der Waals surface area contributed by atoms with E-state index in [-0.39, 0.29) is 16.5 Å². The molecular weight excluding hydrogens is 549 g/mol. The molecule has 1 aromatic heterocycles. The maximum absolute atomic E-state index is 15.0. The lowest BCUT2D eigenvalue weighted by Gasteiger charge is -2.30. The van der Waals surface area contributed by atoms with E-state index in [4.69, 9.17) is 14.2 Å². The van der Waals surface area contributed by atoms with Crippen molar-refractivity contribution < 1.29 is 27.0 Å². The predicted octanol–water partition coefficient (Wildman–Crippen LogP) is 5.07. The predicted molar refractivity (Wildman–Crippen MR) is 157 cm³/mol. The number of aromatic nitrogens is 1. The molecule has 1 atom stereocenters. The van der Waals surface area contributed by atoms with Crippen LogP contribution in [0.3, 0.4) is 0 Å². The topological polar surface area (TPSA) is 106 Å². The normalized spacial score (nSPS) is 17.9. The molecule has 2 aliphatic heterocycles. The van der Waals surface area contributed by atoms with Gasteiger partial charge in [0.2, 0.25) is 0 Å². The first-order valence-corrected chi connectivity index (χ1v) is 15.3. The highest BCUT2D eigenvalue weighted by Gasteiger charge is 2.25. The Balaban J connectivity index is 1.27. The van der Waals surface area contributed by atoms with Gasteiger partial charge >= 0.3 is 0 Å². The van der Waals surface area contributed by atoms with E-state index < -0.39 is 15.8 Å². The summed E-state index contributed by atoms with van der Waals surface area (Å²) < 4.78 is 60.1. The Labute approximate surface area is 240 Å². The van der Waals surface area contributed by atoms with Crippen LogP contribution in [0.15, 0.2) is 47.7 Å². The van der Waals surface area contributed by atoms with Gasteiger partial charge < -0.3 is 19.1 Å². The maximum atomic E-state index is 15.0. The number of methoxy groups -OCH3 is 1. The number of likely N-dealkylation sites (tertiary alicyclic amines) is 1. The van der Waals surface area contributed by atoms with Gasteiger partial charge in [-0.2, -0.15) is 13.5 Å². The number of anilines is 1. The standard InChI is InChI=1S/C29H36FN5O5S/c1-20-6-4-12-35(19-20)13-5-15-39-28-18-24-22(17-27(28)38-3)25(9-11-31-24)40-26-8-7-21(16-23(26)30)33-41(36,37)29-10-14-34(2)32-29/h7-9,11,16-18,20,33H,4-6,10,12-15,19H2,1-3H3. The lowest BCUT2D eigenvalue weighted by atomic mass is 10.0. The van der Waals surface area contributed by atoms with Gasteiger partial charge in [0.1, 0.15) is 5.75 Å². The Bertz CT molecular complexity index is 1530. The zero-order valence-electron chi connectivity index (χ0n) is 23.6. The van der Waals surface area contributed by atoms with Crippen LogP contribution >= 0.6 is 0 Å². The number of fused-ring (bicyclic) bond motifs is 1. The quantitative estimate of drug-likeness (QED) is 0.329. The second kappa shape index (κ2) is 12.5. The molecule has 2 aromatic carbocycles. The van der Waals surface area contributed by atoms with Gasteiger partial charge in [-0.05, 0) is 56.0 Å².